The number of amides is 1. The molecule has 0 aromatic heterocycles. The van der Waals surface area contributed by atoms with Crippen LogP contribution in [0.2, 0.25) is 0 Å². The van der Waals surface area contributed by atoms with Gasteiger partial charge in [0.05, 0.1) is 0 Å². The van der Waals surface area contributed by atoms with Gasteiger partial charge in [-0.05, 0) is 24.7 Å². The van der Waals surface area contributed by atoms with E-state index in [0.717, 1.165) is 26.1 Å². The van der Waals surface area contributed by atoms with Crippen molar-refractivity contribution in [1.29, 1.82) is 0 Å². The van der Waals surface area contributed by atoms with Crippen LogP contribution in [0.1, 0.15) is 40.5 Å². The maximum atomic E-state index is 11.8. The third-order valence-electron chi connectivity index (χ3n) is 3.33. The summed E-state index contributed by atoms with van der Waals surface area (Å²) in [6, 6.07) is 0.304. The van der Waals surface area contributed by atoms with E-state index < -0.39 is 0 Å². The summed E-state index contributed by atoms with van der Waals surface area (Å²) in [7, 11) is 0. The first-order chi connectivity index (χ1) is 7.52. The summed E-state index contributed by atoms with van der Waals surface area (Å²) in [4.78, 5) is 11.8. The Bertz CT molecular complexity index is 220. The number of carbonyl (C=O) groups excluding carboxylic acids is 1. The van der Waals surface area contributed by atoms with E-state index >= 15 is 0 Å². The zero-order valence-corrected chi connectivity index (χ0v) is 11.0. The van der Waals surface area contributed by atoms with Gasteiger partial charge in [0.1, 0.15) is 0 Å². The van der Waals surface area contributed by atoms with E-state index in [0.29, 0.717) is 17.9 Å². The summed E-state index contributed by atoms with van der Waals surface area (Å²) in [5.41, 5.74) is 0. The Hall–Kier alpha value is -0.570. The molecule has 1 rings (SSSR count). The minimum absolute atomic E-state index is 0.0705. The molecular weight excluding hydrogens is 202 g/mol. The van der Waals surface area contributed by atoms with Crippen LogP contribution in [0.3, 0.4) is 0 Å². The van der Waals surface area contributed by atoms with Gasteiger partial charge in [0.25, 0.3) is 0 Å². The van der Waals surface area contributed by atoms with Crippen molar-refractivity contribution < 1.29 is 9.53 Å². The van der Waals surface area contributed by atoms with Crippen molar-refractivity contribution in [3.63, 3.8) is 0 Å². The fourth-order valence-corrected chi connectivity index (χ4v) is 2.23. The van der Waals surface area contributed by atoms with Crippen LogP contribution in [0.5, 0.6) is 0 Å². The van der Waals surface area contributed by atoms with Crippen molar-refractivity contribution in [1.82, 2.24) is 5.32 Å². The van der Waals surface area contributed by atoms with Crippen molar-refractivity contribution in [3.8, 4) is 0 Å². The third-order valence-corrected chi connectivity index (χ3v) is 3.33. The van der Waals surface area contributed by atoms with Gasteiger partial charge in [-0.1, -0.05) is 27.7 Å². The second-order valence-corrected chi connectivity index (χ2v) is 5.38. The highest BCUT2D eigenvalue weighted by molar-refractivity contribution is 5.78. The minimum atomic E-state index is 0.0705. The summed E-state index contributed by atoms with van der Waals surface area (Å²) >= 11 is 0. The number of rotatable bonds is 4. The molecule has 1 N–H and O–H groups in total. The van der Waals surface area contributed by atoms with Crippen LogP contribution < -0.4 is 5.32 Å². The van der Waals surface area contributed by atoms with E-state index in [9.17, 15) is 4.79 Å². The summed E-state index contributed by atoms with van der Waals surface area (Å²) in [6.07, 6.45) is 2.14. The molecule has 0 spiro atoms. The van der Waals surface area contributed by atoms with Gasteiger partial charge in [-0.3, -0.25) is 4.79 Å². The lowest BCUT2D eigenvalue weighted by Crippen LogP contribution is -2.46. The molecule has 1 fully saturated rings. The van der Waals surface area contributed by atoms with E-state index in [2.05, 4.69) is 19.2 Å². The third kappa shape index (κ3) is 3.78. The van der Waals surface area contributed by atoms with Gasteiger partial charge < -0.3 is 10.1 Å². The summed E-state index contributed by atoms with van der Waals surface area (Å²) in [6.45, 7) is 9.92. The maximum absolute atomic E-state index is 11.8. The lowest BCUT2D eigenvalue weighted by molar-refractivity contribution is -0.125. The van der Waals surface area contributed by atoms with Crippen LogP contribution in [0.4, 0.5) is 0 Å². The number of nitrogens with one attached hydrogen (secondary N) is 1. The first-order valence-electron chi connectivity index (χ1n) is 6.40. The molecule has 16 heavy (non-hydrogen) atoms. The van der Waals surface area contributed by atoms with E-state index in [1.54, 1.807) is 0 Å². The van der Waals surface area contributed by atoms with Crippen LogP contribution in [0.25, 0.3) is 0 Å². The van der Waals surface area contributed by atoms with Crippen molar-refractivity contribution in [2.75, 3.05) is 13.2 Å². The lowest BCUT2D eigenvalue weighted by atomic mass is 9.84. The molecule has 1 saturated heterocycles. The summed E-state index contributed by atoms with van der Waals surface area (Å²) in [5, 5.41) is 3.19. The van der Waals surface area contributed by atoms with E-state index in [1.807, 2.05) is 13.8 Å². The molecule has 1 aliphatic heterocycles. The van der Waals surface area contributed by atoms with Crippen LogP contribution >= 0.6 is 0 Å². The molecule has 0 aromatic carbocycles. The largest absolute Gasteiger partial charge is 0.381 e. The molecule has 1 heterocycles. The molecule has 1 atom stereocenters. The monoisotopic (exact) mass is 227 g/mol. The highest BCUT2D eigenvalue weighted by Gasteiger charge is 2.28. The Morgan fingerprint density at radius 3 is 2.19 bits per heavy atom. The minimum Gasteiger partial charge on any atom is -0.381 e. The quantitative estimate of drug-likeness (QED) is 0.799. The van der Waals surface area contributed by atoms with Gasteiger partial charge in [0.2, 0.25) is 5.91 Å². The molecule has 0 unspecified atom stereocenters. The van der Waals surface area contributed by atoms with Crippen molar-refractivity contribution in [2.24, 2.45) is 17.8 Å². The molecule has 0 saturated carbocycles. The average molecular weight is 227 g/mol. The Balaban J connectivity index is 2.55. The van der Waals surface area contributed by atoms with Gasteiger partial charge in [-0.15, -0.1) is 0 Å². The van der Waals surface area contributed by atoms with Crippen LogP contribution in [0.15, 0.2) is 0 Å². The highest BCUT2D eigenvalue weighted by Crippen LogP contribution is 2.23. The lowest BCUT2D eigenvalue weighted by Gasteiger charge is -2.34. The molecule has 0 aliphatic carbocycles. The van der Waals surface area contributed by atoms with Gasteiger partial charge in [0, 0.05) is 25.2 Å². The first kappa shape index (κ1) is 13.5. The predicted molar refractivity (Wildman–Crippen MR) is 65.1 cm³/mol. The number of hydrogen-bond donors (Lipinski definition) is 1. The highest BCUT2D eigenvalue weighted by atomic mass is 16.5. The predicted octanol–water partition coefficient (Wildman–Crippen LogP) is 2.21. The van der Waals surface area contributed by atoms with Crippen LogP contribution in [-0.2, 0) is 9.53 Å². The molecule has 1 amide bonds. The van der Waals surface area contributed by atoms with Gasteiger partial charge in [-0.25, -0.2) is 0 Å². The first-order valence-corrected chi connectivity index (χ1v) is 6.40. The smallest absolute Gasteiger partial charge is 0.222 e. The number of carbonyl (C=O) groups is 1. The molecule has 1 aliphatic rings. The van der Waals surface area contributed by atoms with Gasteiger partial charge >= 0.3 is 0 Å². The normalized spacial score (nSPS) is 20.1. The van der Waals surface area contributed by atoms with Crippen molar-refractivity contribution >= 4 is 5.91 Å². The fourth-order valence-electron chi connectivity index (χ4n) is 2.23. The fraction of sp³-hybridized carbons (Fsp3) is 0.923. The van der Waals surface area contributed by atoms with E-state index in [1.165, 1.54) is 0 Å². The molecule has 0 aromatic rings. The van der Waals surface area contributed by atoms with Crippen molar-refractivity contribution in [3.05, 3.63) is 0 Å². The topological polar surface area (TPSA) is 38.3 Å². The number of hydrogen-bond acceptors (Lipinski definition) is 2. The van der Waals surface area contributed by atoms with Crippen LogP contribution in [-0.4, -0.2) is 25.2 Å². The molecule has 0 radical (unpaired) electrons. The summed E-state index contributed by atoms with van der Waals surface area (Å²) in [5.74, 6) is 1.31. The number of ether oxygens (including phenoxy) is 1. The second-order valence-electron chi connectivity index (χ2n) is 5.38. The van der Waals surface area contributed by atoms with E-state index in [-0.39, 0.29) is 11.8 Å². The van der Waals surface area contributed by atoms with E-state index in [4.69, 9.17) is 4.74 Å². The van der Waals surface area contributed by atoms with Crippen molar-refractivity contribution in [2.45, 2.75) is 46.6 Å². The summed E-state index contributed by atoms with van der Waals surface area (Å²) < 4.78 is 5.37. The zero-order valence-electron chi connectivity index (χ0n) is 11.0. The Morgan fingerprint density at radius 2 is 1.75 bits per heavy atom. The molecule has 3 nitrogen and oxygen atoms in total. The molecule has 3 heteroatoms. The average Bonchev–Trinajstić information content (AvgIpc) is 2.26. The standard InChI is InChI=1S/C13H25NO2/c1-9(2)12(14-13(15)10(3)4)11-5-7-16-8-6-11/h9-12H,5-8H2,1-4H3,(H,14,15)/t12-/m1/s1. The van der Waals surface area contributed by atoms with Gasteiger partial charge in [-0.2, -0.15) is 0 Å². The van der Waals surface area contributed by atoms with Crippen LogP contribution in [0, 0.1) is 17.8 Å². The Labute approximate surface area is 98.9 Å². The molecular formula is C13H25NO2. The van der Waals surface area contributed by atoms with Gasteiger partial charge in [0.15, 0.2) is 0 Å². The second kappa shape index (κ2) is 6.24. The molecule has 94 valence electrons. The Kier molecular flexibility index (Phi) is 5.26. The Morgan fingerprint density at radius 1 is 1.19 bits per heavy atom. The zero-order chi connectivity index (χ0) is 12.1. The molecule has 0 bridgehead atoms. The SMILES string of the molecule is CC(C)C(=O)N[C@H](C(C)C)C1CCOCC1. The maximum Gasteiger partial charge on any atom is 0.222 e.